The molecule has 1 amide bonds. The Kier molecular flexibility index (Phi) is 15.0. The molecule has 0 bridgehead atoms. The van der Waals surface area contributed by atoms with Crippen molar-refractivity contribution in [3.8, 4) is 11.1 Å². The minimum Gasteiger partial charge on any atom is -0.460 e. The molecule has 0 spiro atoms. The molecule has 0 aromatic heterocycles. The van der Waals surface area contributed by atoms with Crippen LogP contribution in [0.25, 0.3) is 11.1 Å². The fourth-order valence-corrected chi connectivity index (χ4v) is 5.92. The molecule has 0 unspecified atom stereocenters. The van der Waals surface area contributed by atoms with Crippen molar-refractivity contribution in [1.82, 2.24) is 5.32 Å². The second kappa shape index (κ2) is 18.7. The topological polar surface area (TPSA) is 64.6 Å². The zero-order valence-corrected chi connectivity index (χ0v) is 26.6. The van der Waals surface area contributed by atoms with Gasteiger partial charge in [0.1, 0.15) is 12.2 Å². The number of benzene rings is 2. The Balaban J connectivity index is 1.07. The van der Waals surface area contributed by atoms with E-state index in [9.17, 15) is 9.59 Å². The second-order valence-corrected chi connectivity index (χ2v) is 12.9. The van der Waals surface area contributed by atoms with Crippen molar-refractivity contribution in [3.63, 3.8) is 0 Å². The minimum atomic E-state index is -0.369. The SMILES string of the molecule is CC(C)(C)OC(=O)CCCCCCCCCCCCCCCCCNC(=O)OCC1c2ccccc2-c2ccccc21. The van der Waals surface area contributed by atoms with E-state index < -0.39 is 0 Å². The molecule has 0 aliphatic heterocycles. The zero-order valence-electron chi connectivity index (χ0n) is 26.6. The molecule has 1 aliphatic rings. The van der Waals surface area contributed by atoms with Crippen molar-refractivity contribution in [2.75, 3.05) is 13.2 Å². The maximum absolute atomic E-state index is 12.3. The third-order valence-electron chi connectivity index (χ3n) is 8.09. The summed E-state index contributed by atoms with van der Waals surface area (Å²) in [5, 5.41) is 2.94. The monoisotopic (exact) mass is 577 g/mol. The van der Waals surface area contributed by atoms with Crippen LogP contribution in [0.15, 0.2) is 48.5 Å². The number of fused-ring (bicyclic) bond motifs is 3. The normalized spacial score (nSPS) is 12.5. The van der Waals surface area contributed by atoms with Crippen LogP contribution in [0, 0.1) is 0 Å². The summed E-state index contributed by atoms with van der Waals surface area (Å²) in [5.74, 6) is 0.0437. The first-order valence-corrected chi connectivity index (χ1v) is 16.7. The molecule has 0 saturated carbocycles. The number of unbranched alkanes of at least 4 members (excludes halogenated alkanes) is 14. The van der Waals surface area contributed by atoms with Crippen LogP contribution in [-0.4, -0.2) is 30.8 Å². The number of carbonyl (C=O) groups is 2. The molecule has 42 heavy (non-hydrogen) atoms. The fraction of sp³-hybridized carbons (Fsp3) is 0.622. The molecule has 0 heterocycles. The van der Waals surface area contributed by atoms with Crippen LogP contribution in [0.2, 0.25) is 0 Å². The van der Waals surface area contributed by atoms with E-state index in [4.69, 9.17) is 9.47 Å². The summed E-state index contributed by atoms with van der Waals surface area (Å²) in [4.78, 5) is 24.0. The van der Waals surface area contributed by atoms with Crippen LogP contribution in [0.4, 0.5) is 4.79 Å². The lowest BCUT2D eigenvalue weighted by atomic mass is 9.98. The van der Waals surface area contributed by atoms with E-state index in [1.54, 1.807) is 0 Å². The number of ether oxygens (including phenoxy) is 2. The van der Waals surface area contributed by atoms with Gasteiger partial charge in [0.25, 0.3) is 0 Å². The van der Waals surface area contributed by atoms with Crippen molar-refractivity contribution in [2.24, 2.45) is 0 Å². The summed E-state index contributed by atoms with van der Waals surface area (Å²) in [6.07, 6.45) is 18.9. The Bertz CT molecular complexity index is 1030. The van der Waals surface area contributed by atoms with Gasteiger partial charge in [-0.25, -0.2) is 4.79 Å². The average Bonchev–Trinajstić information content (AvgIpc) is 3.28. The van der Waals surface area contributed by atoms with Gasteiger partial charge in [-0.05, 0) is 55.9 Å². The lowest BCUT2D eigenvalue weighted by molar-refractivity contribution is -0.154. The highest BCUT2D eigenvalue weighted by atomic mass is 16.6. The number of hydrogen-bond donors (Lipinski definition) is 1. The van der Waals surface area contributed by atoms with Gasteiger partial charge in [-0.3, -0.25) is 4.79 Å². The molecule has 0 fully saturated rings. The van der Waals surface area contributed by atoms with Crippen LogP contribution < -0.4 is 5.32 Å². The Morgan fingerprint density at radius 2 is 1.07 bits per heavy atom. The summed E-state index contributed by atoms with van der Waals surface area (Å²) in [6.45, 7) is 6.82. The molecule has 0 saturated heterocycles. The lowest BCUT2D eigenvalue weighted by Crippen LogP contribution is -2.27. The molecule has 0 radical (unpaired) electrons. The smallest absolute Gasteiger partial charge is 0.407 e. The van der Waals surface area contributed by atoms with Gasteiger partial charge in [0.2, 0.25) is 0 Å². The van der Waals surface area contributed by atoms with E-state index in [1.807, 2.05) is 20.8 Å². The lowest BCUT2D eigenvalue weighted by Gasteiger charge is -2.19. The van der Waals surface area contributed by atoms with Crippen LogP contribution in [0.3, 0.4) is 0 Å². The molecular weight excluding hydrogens is 522 g/mol. The number of carbonyl (C=O) groups excluding carboxylic acids is 2. The van der Waals surface area contributed by atoms with E-state index in [0.29, 0.717) is 19.6 Å². The molecule has 2 aromatic carbocycles. The van der Waals surface area contributed by atoms with Gasteiger partial charge in [-0.15, -0.1) is 0 Å². The first-order chi connectivity index (χ1) is 20.3. The molecule has 1 N–H and O–H groups in total. The highest BCUT2D eigenvalue weighted by molar-refractivity contribution is 5.79. The molecule has 232 valence electrons. The maximum atomic E-state index is 12.3. The van der Waals surface area contributed by atoms with Gasteiger partial charge >= 0.3 is 12.1 Å². The highest BCUT2D eigenvalue weighted by Crippen LogP contribution is 2.44. The zero-order chi connectivity index (χ0) is 30.0. The first kappa shape index (κ1) is 33.7. The third kappa shape index (κ3) is 12.6. The summed E-state index contributed by atoms with van der Waals surface area (Å²) in [6, 6.07) is 16.8. The van der Waals surface area contributed by atoms with E-state index >= 15 is 0 Å². The van der Waals surface area contributed by atoms with Gasteiger partial charge in [0, 0.05) is 18.9 Å². The van der Waals surface area contributed by atoms with Crippen molar-refractivity contribution in [2.45, 2.75) is 135 Å². The fourth-order valence-electron chi connectivity index (χ4n) is 5.92. The minimum absolute atomic E-state index is 0.0643. The van der Waals surface area contributed by atoms with Gasteiger partial charge in [-0.1, -0.05) is 132 Å². The van der Waals surface area contributed by atoms with Gasteiger partial charge in [0.05, 0.1) is 0 Å². The predicted molar refractivity (Wildman–Crippen MR) is 173 cm³/mol. The largest absolute Gasteiger partial charge is 0.460 e. The summed E-state index contributed by atoms with van der Waals surface area (Å²) < 4.78 is 11.0. The van der Waals surface area contributed by atoms with Gasteiger partial charge in [0.15, 0.2) is 0 Å². The molecular formula is C37H55NO4. The standard InChI is InChI=1S/C37H55NO4/c1-37(2,3)42-35(39)27-17-15-13-11-9-7-5-4-6-8-10-12-14-16-22-28-38-36(40)41-29-34-32-25-20-18-23-30(32)31-24-19-21-26-33(31)34/h18-21,23-26,34H,4-17,22,27-29H2,1-3H3,(H,38,40). The Hall–Kier alpha value is -2.82. The summed E-state index contributed by atoms with van der Waals surface area (Å²) >= 11 is 0. The predicted octanol–water partition coefficient (Wildman–Crippen LogP) is 10.1. The van der Waals surface area contributed by atoms with Crippen molar-refractivity contribution >= 4 is 12.1 Å². The number of hydrogen-bond acceptors (Lipinski definition) is 4. The van der Waals surface area contributed by atoms with Crippen molar-refractivity contribution in [1.29, 1.82) is 0 Å². The number of alkyl carbamates (subject to hydrolysis) is 1. The highest BCUT2D eigenvalue weighted by Gasteiger charge is 2.28. The van der Waals surface area contributed by atoms with E-state index in [2.05, 4.69) is 53.8 Å². The Labute approximate surface area is 255 Å². The van der Waals surface area contributed by atoms with Crippen LogP contribution >= 0.6 is 0 Å². The number of esters is 1. The van der Waals surface area contributed by atoms with E-state index in [0.717, 1.165) is 25.7 Å². The van der Waals surface area contributed by atoms with Gasteiger partial charge in [-0.2, -0.15) is 0 Å². The Morgan fingerprint density at radius 3 is 1.55 bits per heavy atom. The average molecular weight is 578 g/mol. The Morgan fingerprint density at radius 1 is 0.643 bits per heavy atom. The number of amides is 1. The number of rotatable bonds is 20. The second-order valence-electron chi connectivity index (χ2n) is 12.9. The number of nitrogens with one attached hydrogen (secondary N) is 1. The molecule has 0 atom stereocenters. The van der Waals surface area contributed by atoms with E-state index in [1.165, 1.54) is 92.9 Å². The van der Waals surface area contributed by atoms with E-state index in [-0.39, 0.29) is 23.6 Å². The quantitative estimate of drug-likeness (QED) is 0.126. The molecule has 3 rings (SSSR count). The molecule has 2 aromatic rings. The van der Waals surface area contributed by atoms with Crippen LogP contribution in [0.5, 0.6) is 0 Å². The first-order valence-electron chi connectivity index (χ1n) is 16.7. The van der Waals surface area contributed by atoms with Crippen LogP contribution in [-0.2, 0) is 14.3 Å². The molecule has 5 nitrogen and oxygen atoms in total. The third-order valence-corrected chi connectivity index (χ3v) is 8.09. The van der Waals surface area contributed by atoms with Gasteiger partial charge < -0.3 is 14.8 Å². The van der Waals surface area contributed by atoms with Crippen molar-refractivity contribution < 1.29 is 19.1 Å². The molecule has 5 heteroatoms. The van der Waals surface area contributed by atoms with Crippen LogP contribution in [0.1, 0.15) is 141 Å². The maximum Gasteiger partial charge on any atom is 0.407 e. The van der Waals surface area contributed by atoms with Crippen molar-refractivity contribution in [3.05, 3.63) is 59.7 Å². The summed E-state index contributed by atoms with van der Waals surface area (Å²) in [7, 11) is 0. The summed E-state index contributed by atoms with van der Waals surface area (Å²) in [5.41, 5.74) is 4.61. The molecule has 1 aliphatic carbocycles.